The molecule has 0 radical (unpaired) electrons. The Morgan fingerprint density at radius 1 is 1.25 bits per heavy atom. The summed E-state index contributed by atoms with van der Waals surface area (Å²) in [6.07, 6.45) is 4.30. The molecular formula is C15H16N4S. The molecular weight excluding hydrogens is 268 g/mol. The van der Waals surface area contributed by atoms with E-state index in [9.17, 15) is 0 Å². The summed E-state index contributed by atoms with van der Waals surface area (Å²) in [4.78, 5) is 5.36. The molecule has 0 fully saturated rings. The van der Waals surface area contributed by atoms with Gasteiger partial charge in [-0.15, -0.1) is 11.3 Å². The summed E-state index contributed by atoms with van der Waals surface area (Å²) in [7, 11) is 0. The van der Waals surface area contributed by atoms with Crippen molar-refractivity contribution in [2.75, 3.05) is 5.32 Å². The van der Waals surface area contributed by atoms with Crippen LogP contribution in [0, 0.1) is 0 Å². The smallest absolute Gasteiger partial charge is 0.138 e. The molecule has 1 N–H and O–H groups in total. The molecule has 0 saturated carbocycles. The van der Waals surface area contributed by atoms with E-state index in [4.69, 9.17) is 0 Å². The van der Waals surface area contributed by atoms with Crippen LogP contribution < -0.4 is 5.32 Å². The fourth-order valence-electron chi connectivity index (χ4n) is 2.18. The summed E-state index contributed by atoms with van der Waals surface area (Å²) >= 11 is 1.78. The fraction of sp³-hybridized carbons (Fsp3) is 0.200. The number of para-hydroxylation sites is 2. The maximum Gasteiger partial charge on any atom is 0.138 e. The van der Waals surface area contributed by atoms with Gasteiger partial charge in [0.05, 0.1) is 17.4 Å². The van der Waals surface area contributed by atoms with Crippen LogP contribution in [0.3, 0.4) is 0 Å². The first kappa shape index (κ1) is 12.9. The van der Waals surface area contributed by atoms with Crippen molar-refractivity contribution in [1.82, 2.24) is 14.8 Å². The topological polar surface area (TPSA) is 42.7 Å². The predicted molar refractivity (Wildman–Crippen MR) is 82.3 cm³/mol. The number of hydrogen-bond donors (Lipinski definition) is 1. The van der Waals surface area contributed by atoms with Gasteiger partial charge in [-0.1, -0.05) is 25.1 Å². The van der Waals surface area contributed by atoms with Crippen molar-refractivity contribution >= 4 is 17.0 Å². The second-order valence-corrected chi connectivity index (χ2v) is 5.46. The van der Waals surface area contributed by atoms with Gasteiger partial charge in [0, 0.05) is 4.88 Å². The molecule has 0 aliphatic heterocycles. The summed E-state index contributed by atoms with van der Waals surface area (Å²) < 4.78 is 1.78. The van der Waals surface area contributed by atoms with Gasteiger partial charge in [-0.2, -0.15) is 5.10 Å². The number of hydrogen-bond acceptors (Lipinski definition) is 4. The SMILES string of the molecule is CCC(Nc1ccccc1-n1cncn1)c1cccs1. The number of aromatic nitrogens is 3. The van der Waals surface area contributed by atoms with E-state index in [2.05, 4.69) is 45.9 Å². The van der Waals surface area contributed by atoms with E-state index in [0.717, 1.165) is 17.8 Å². The quantitative estimate of drug-likeness (QED) is 0.773. The molecule has 2 aromatic heterocycles. The average Bonchev–Trinajstić information content (AvgIpc) is 3.18. The molecule has 0 saturated heterocycles. The van der Waals surface area contributed by atoms with Crippen molar-refractivity contribution in [2.45, 2.75) is 19.4 Å². The van der Waals surface area contributed by atoms with E-state index >= 15 is 0 Å². The summed E-state index contributed by atoms with van der Waals surface area (Å²) in [6.45, 7) is 2.19. The Labute approximate surface area is 122 Å². The van der Waals surface area contributed by atoms with E-state index in [-0.39, 0.29) is 0 Å². The van der Waals surface area contributed by atoms with E-state index < -0.39 is 0 Å². The van der Waals surface area contributed by atoms with Crippen molar-refractivity contribution < 1.29 is 0 Å². The maximum atomic E-state index is 4.21. The van der Waals surface area contributed by atoms with Gasteiger partial charge in [-0.05, 0) is 30.0 Å². The van der Waals surface area contributed by atoms with Gasteiger partial charge in [0.1, 0.15) is 12.7 Å². The molecule has 1 unspecified atom stereocenters. The highest BCUT2D eigenvalue weighted by Gasteiger charge is 2.12. The van der Waals surface area contributed by atoms with Crippen LogP contribution in [-0.4, -0.2) is 14.8 Å². The highest BCUT2D eigenvalue weighted by atomic mass is 32.1. The van der Waals surface area contributed by atoms with Gasteiger partial charge in [-0.25, -0.2) is 9.67 Å². The van der Waals surface area contributed by atoms with Crippen LogP contribution in [0.1, 0.15) is 24.3 Å². The highest BCUT2D eigenvalue weighted by molar-refractivity contribution is 7.10. The first-order chi connectivity index (χ1) is 9.88. The molecule has 5 heteroatoms. The van der Waals surface area contributed by atoms with Gasteiger partial charge < -0.3 is 5.32 Å². The minimum atomic E-state index is 0.319. The molecule has 4 nitrogen and oxygen atoms in total. The Morgan fingerprint density at radius 2 is 2.15 bits per heavy atom. The van der Waals surface area contributed by atoms with Crippen LogP contribution in [-0.2, 0) is 0 Å². The van der Waals surface area contributed by atoms with Crippen LogP contribution in [0.2, 0.25) is 0 Å². The van der Waals surface area contributed by atoms with Crippen LogP contribution >= 0.6 is 11.3 Å². The molecule has 0 bridgehead atoms. The maximum absolute atomic E-state index is 4.21. The number of anilines is 1. The normalized spacial score (nSPS) is 12.2. The minimum Gasteiger partial charge on any atom is -0.376 e. The summed E-state index contributed by atoms with van der Waals surface area (Å²) in [5.74, 6) is 0. The summed E-state index contributed by atoms with van der Waals surface area (Å²) in [6, 6.07) is 12.7. The van der Waals surface area contributed by atoms with Crippen molar-refractivity contribution in [2.24, 2.45) is 0 Å². The third-order valence-electron chi connectivity index (χ3n) is 3.19. The minimum absolute atomic E-state index is 0.319. The fourth-order valence-corrected chi connectivity index (χ4v) is 3.04. The van der Waals surface area contributed by atoms with Crippen LogP contribution in [0.4, 0.5) is 5.69 Å². The monoisotopic (exact) mass is 284 g/mol. The summed E-state index contributed by atoms with van der Waals surface area (Å²) in [5.41, 5.74) is 2.08. The number of benzene rings is 1. The number of nitrogens with zero attached hydrogens (tertiary/aromatic N) is 3. The largest absolute Gasteiger partial charge is 0.376 e. The highest BCUT2D eigenvalue weighted by Crippen LogP contribution is 2.28. The predicted octanol–water partition coefficient (Wildman–Crippen LogP) is 3.89. The van der Waals surface area contributed by atoms with Gasteiger partial charge in [-0.3, -0.25) is 0 Å². The Kier molecular flexibility index (Phi) is 3.78. The van der Waals surface area contributed by atoms with Crippen LogP contribution in [0.5, 0.6) is 0 Å². The van der Waals surface area contributed by atoms with E-state index in [1.54, 1.807) is 28.7 Å². The lowest BCUT2D eigenvalue weighted by atomic mass is 10.1. The van der Waals surface area contributed by atoms with E-state index in [1.165, 1.54) is 4.88 Å². The Hall–Kier alpha value is -2.14. The molecule has 1 atom stereocenters. The second-order valence-electron chi connectivity index (χ2n) is 4.48. The van der Waals surface area contributed by atoms with Gasteiger partial charge in [0.2, 0.25) is 0 Å². The van der Waals surface area contributed by atoms with E-state index in [0.29, 0.717) is 6.04 Å². The molecule has 102 valence electrons. The van der Waals surface area contributed by atoms with Crippen molar-refractivity contribution in [3.8, 4) is 5.69 Å². The van der Waals surface area contributed by atoms with E-state index in [1.807, 2.05) is 18.2 Å². The van der Waals surface area contributed by atoms with Crippen LogP contribution in [0.15, 0.2) is 54.4 Å². The Bertz CT molecular complexity index is 646. The number of rotatable bonds is 5. The zero-order valence-electron chi connectivity index (χ0n) is 11.2. The lowest BCUT2D eigenvalue weighted by Crippen LogP contribution is -2.10. The van der Waals surface area contributed by atoms with Gasteiger partial charge >= 0.3 is 0 Å². The molecule has 3 rings (SSSR count). The molecule has 0 aliphatic carbocycles. The third-order valence-corrected chi connectivity index (χ3v) is 4.18. The first-order valence-corrected chi connectivity index (χ1v) is 7.50. The molecule has 3 aromatic rings. The Morgan fingerprint density at radius 3 is 2.85 bits per heavy atom. The zero-order valence-corrected chi connectivity index (χ0v) is 12.0. The van der Waals surface area contributed by atoms with Crippen molar-refractivity contribution in [3.63, 3.8) is 0 Å². The number of nitrogens with one attached hydrogen (secondary N) is 1. The van der Waals surface area contributed by atoms with Gasteiger partial charge in [0.25, 0.3) is 0 Å². The van der Waals surface area contributed by atoms with Crippen LogP contribution in [0.25, 0.3) is 5.69 Å². The molecule has 1 aromatic carbocycles. The number of thiophene rings is 1. The average molecular weight is 284 g/mol. The second kappa shape index (κ2) is 5.88. The van der Waals surface area contributed by atoms with Crippen molar-refractivity contribution in [3.05, 3.63) is 59.3 Å². The molecule has 2 heterocycles. The van der Waals surface area contributed by atoms with Crippen molar-refractivity contribution in [1.29, 1.82) is 0 Å². The standard InChI is InChI=1S/C15H16N4S/c1-2-12(15-8-5-9-20-15)18-13-6-3-4-7-14(13)19-11-16-10-17-19/h3-12,18H,2H2,1H3. The third kappa shape index (κ3) is 2.58. The van der Waals surface area contributed by atoms with Gasteiger partial charge in [0.15, 0.2) is 0 Å². The lowest BCUT2D eigenvalue weighted by molar-refractivity contribution is 0.759. The lowest BCUT2D eigenvalue weighted by Gasteiger charge is -2.19. The Balaban J connectivity index is 1.91. The molecule has 0 spiro atoms. The molecule has 0 amide bonds. The summed E-state index contributed by atoms with van der Waals surface area (Å²) in [5, 5.41) is 9.94. The first-order valence-electron chi connectivity index (χ1n) is 6.62. The molecule has 20 heavy (non-hydrogen) atoms. The zero-order chi connectivity index (χ0) is 13.8. The molecule has 0 aliphatic rings.